The third kappa shape index (κ3) is 3.58. The Hall–Kier alpha value is -1.32. The van der Waals surface area contributed by atoms with Crippen molar-refractivity contribution in [2.45, 2.75) is 52.4 Å². The Bertz CT molecular complexity index is 384. The lowest BCUT2D eigenvalue weighted by atomic mass is 10.1. The van der Waals surface area contributed by atoms with Crippen LogP contribution >= 0.6 is 0 Å². The molecule has 4 nitrogen and oxygen atoms in total. The first-order chi connectivity index (χ1) is 9.36. The molecule has 0 aromatic carbocycles. The summed E-state index contributed by atoms with van der Waals surface area (Å²) in [6, 6.07) is 0. The van der Waals surface area contributed by atoms with E-state index in [-0.39, 0.29) is 0 Å². The Morgan fingerprint density at radius 3 is 2.47 bits per heavy atom. The van der Waals surface area contributed by atoms with Gasteiger partial charge in [-0.15, -0.1) is 0 Å². The standard InChI is InChI=1S/C15H26N4/c1-3-9-13-14(16-4-2)17-12-18-15(13)19-10-7-5-6-8-11-19/h12H,3-11H2,1-2H3,(H,16,17,18). The second-order valence-corrected chi connectivity index (χ2v) is 5.21. The molecule has 4 heteroatoms. The SMILES string of the molecule is CCCc1c(NCC)ncnc1N1CCCCCC1. The summed E-state index contributed by atoms with van der Waals surface area (Å²) in [4.78, 5) is 11.5. The van der Waals surface area contributed by atoms with Gasteiger partial charge in [0.25, 0.3) is 0 Å². The van der Waals surface area contributed by atoms with Crippen LogP contribution in [-0.2, 0) is 6.42 Å². The Balaban J connectivity index is 2.28. The van der Waals surface area contributed by atoms with Gasteiger partial charge in [-0.2, -0.15) is 0 Å². The summed E-state index contributed by atoms with van der Waals surface area (Å²) in [5, 5.41) is 3.38. The summed E-state index contributed by atoms with van der Waals surface area (Å²) >= 11 is 0. The van der Waals surface area contributed by atoms with Gasteiger partial charge >= 0.3 is 0 Å². The van der Waals surface area contributed by atoms with Crippen molar-refractivity contribution in [1.82, 2.24) is 9.97 Å². The minimum absolute atomic E-state index is 0.910. The normalized spacial score (nSPS) is 16.2. The van der Waals surface area contributed by atoms with E-state index >= 15 is 0 Å². The summed E-state index contributed by atoms with van der Waals surface area (Å²) < 4.78 is 0. The van der Waals surface area contributed by atoms with Crippen LogP contribution in [0.3, 0.4) is 0 Å². The molecule has 1 aliphatic heterocycles. The molecule has 106 valence electrons. The highest BCUT2D eigenvalue weighted by molar-refractivity contribution is 5.58. The number of hydrogen-bond acceptors (Lipinski definition) is 4. The second kappa shape index (κ2) is 7.31. The van der Waals surface area contributed by atoms with Gasteiger partial charge in [0.15, 0.2) is 0 Å². The molecule has 1 fully saturated rings. The van der Waals surface area contributed by atoms with Crippen LogP contribution in [0.2, 0.25) is 0 Å². The Morgan fingerprint density at radius 1 is 1.11 bits per heavy atom. The molecule has 0 saturated carbocycles. The van der Waals surface area contributed by atoms with Crippen LogP contribution in [0.25, 0.3) is 0 Å². The van der Waals surface area contributed by atoms with Gasteiger partial charge in [-0.1, -0.05) is 26.2 Å². The molecule has 0 radical (unpaired) electrons. The van der Waals surface area contributed by atoms with E-state index in [1.165, 1.54) is 31.2 Å². The molecule has 1 aromatic heterocycles. The highest BCUT2D eigenvalue weighted by Gasteiger charge is 2.17. The lowest BCUT2D eigenvalue weighted by Crippen LogP contribution is -2.27. The monoisotopic (exact) mass is 262 g/mol. The molecule has 1 aliphatic rings. The van der Waals surface area contributed by atoms with E-state index in [0.717, 1.165) is 44.1 Å². The van der Waals surface area contributed by atoms with Crippen molar-refractivity contribution in [3.05, 3.63) is 11.9 Å². The number of aromatic nitrogens is 2. The van der Waals surface area contributed by atoms with Crippen LogP contribution in [0.5, 0.6) is 0 Å². The van der Waals surface area contributed by atoms with Crippen LogP contribution in [0.4, 0.5) is 11.6 Å². The van der Waals surface area contributed by atoms with Crippen molar-refractivity contribution in [3.8, 4) is 0 Å². The zero-order chi connectivity index (χ0) is 13.5. The molecule has 0 atom stereocenters. The van der Waals surface area contributed by atoms with Crippen LogP contribution in [0, 0.1) is 0 Å². The van der Waals surface area contributed by atoms with Crippen LogP contribution in [0.1, 0.15) is 51.5 Å². The number of nitrogens with zero attached hydrogens (tertiary/aromatic N) is 3. The Kier molecular flexibility index (Phi) is 5.43. The van der Waals surface area contributed by atoms with Gasteiger partial charge in [0.05, 0.1) is 0 Å². The molecule has 2 rings (SSSR count). The number of rotatable bonds is 5. The van der Waals surface area contributed by atoms with E-state index in [1.807, 2.05) is 0 Å². The lowest BCUT2D eigenvalue weighted by molar-refractivity contribution is 0.726. The summed E-state index contributed by atoms with van der Waals surface area (Å²) in [6.45, 7) is 7.52. The second-order valence-electron chi connectivity index (χ2n) is 5.21. The minimum Gasteiger partial charge on any atom is -0.370 e. The lowest BCUT2D eigenvalue weighted by Gasteiger charge is -2.25. The molecule has 0 amide bonds. The molecule has 1 N–H and O–H groups in total. The first-order valence-electron chi connectivity index (χ1n) is 7.69. The molecule has 0 bridgehead atoms. The van der Waals surface area contributed by atoms with Crippen molar-refractivity contribution in [1.29, 1.82) is 0 Å². The average molecular weight is 262 g/mol. The minimum atomic E-state index is 0.910. The molecule has 19 heavy (non-hydrogen) atoms. The quantitative estimate of drug-likeness (QED) is 0.884. The van der Waals surface area contributed by atoms with Crippen molar-refractivity contribution >= 4 is 11.6 Å². The summed E-state index contributed by atoms with van der Waals surface area (Å²) in [5.74, 6) is 2.19. The maximum Gasteiger partial charge on any atom is 0.137 e. The van der Waals surface area contributed by atoms with Crippen molar-refractivity contribution in [3.63, 3.8) is 0 Å². The fourth-order valence-electron chi connectivity index (χ4n) is 2.76. The van der Waals surface area contributed by atoms with Gasteiger partial charge in [-0.25, -0.2) is 9.97 Å². The predicted octanol–water partition coefficient (Wildman–Crippen LogP) is 3.24. The first kappa shape index (κ1) is 14.1. The molecule has 1 aromatic rings. The zero-order valence-corrected chi connectivity index (χ0v) is 12.3. The van der Waals surface area contributed by atoms with Gasteiger partial charge in [-0.05, 0) is 26.2 Å². The van der Waals surface area contributed by atoms with Gasteiger partial charge in [0.1, 0.15) is 18.0 Å². The largest absolute Gasteiger partial charge is 0.370 e. The maximum atomic E-state index is 4.58. The van der Waals surface area contributed by atoms with Crippen molar-refractivity contribution in [2.24, 2.45) is 0 Å². The van der Waals surface area contributed by atoms with Crippen LogP contribution in [-0.4, -0.2) is 29.6 Å². The predicted molar refractivity (Wildman–Crippen MR) is 80.9 cm³/mol. The number of anilines is 2. The molecule has 0 unspecified atom stereocenters. The molecular formula is C15H26N4. The summed E-state index contributed by atoms with van der Waals surface area (Å²) in [6.07, 6.45) is 9.16. The third-order valence-corrected chi connectivity index (χ3v) is 3.67. The highest BCUT2D eigenvalue weighted by Crippen LogP contribution is 2.26. The van der Waals surface area contributed by atoms with E-state index in [2.05, 4.69) is 34.0 Å². The molecular weight excluding hydrogens is 236 g/mol. The molecule has 1 saturated heterocycles. The summed E-state index contributed by atoms with van der Waals surface area (Å²) in [7, 11) is 0. The average Bonchev–Trinajstić information content (AvgIpc) is 2.70. The summed E-state index contributed by atoms with van der Waals surface area (Å²) in [5.41, 5.74) is 1.30. The smallest absolute Gasteiger partial charge is 0.137 e. The van der Waals surface area contributed by atoms with E-state index < -0.39 is 0 Å². The zero-order valence-electron chi connectivity index (χ0n) is 12.3. The molecule has 2 heterocycles. The Labute approximate surface area is 116 Å². The fourth-order valence-corrected chi connectivity index (χ4v) is 2.76. The first-order valence-corrected chi connectivity index (χ1v) is 7.69. The third-order valence-electron chi connectivity index (χ3n) is 3.67. The highest BCUT2D eigenvalue weighted by atomic mass is 15.2. The number of hydrogen-bond donors (Lipinski definition) is 1. The Morgan fingerprint density at radius 2 is 1.84 bits per heavy atom. The number of nitrogens with one attached hydrogen (secondary N) is 1. The van der Waals surface area contributed by atoms with Crippen LogP contribution < -0.4 is 10.2 Å². The van der Waals surface area contributed by atoms with Gasteiger partial charge in [-0.3, -0.25) is 0 Å². The van der Waals surface area contributed by atoms with E-state index in [9.17, 15) is 0 Å². The molecule has 0 aliphatic carbocycles. The van der Waals surface area contributed by atoms with E-state index in [0.29, 0.717) is 0 Å². The van der Waals surface area contributed by atoms with Crippen molar-refractivity contribution in [2.75, 3.05) is 29.9 Å². The van der Waals surface area contributed by atoms with Crippen molar-refractivity contribution < 1.29 is 0 Å². The van der Waals surface area contributed by atoms with Gasteiger partial charge < -0.3 is 10.2 Å². The topological polar surface area (TPSA) is 41.1 Å². The fraction of sp³-hybridized carbons (Fsp3) is 0.733. The molecule has 0 spiro atoms. The van der Waals surface area contributed by atoms with Crippen LogP contribution in [0.15, 0.2) is 6.33 Å². The van der Waals surface area contributed by atoms with E-state index in [4.69, 9.17) is 0 Å². The van der Waals surface area contributed by atoms with Gasteiger partial charge in [0.2, 0.25) is 0 Å². The maximum absolute atomic E-state index is 4.58. The van der Waals surface area contributed by atoms with E-state index in [1.54, 1.807) is 6.33 Å². The van der Waals surface area contributed by atoms with Gasteiger partial charge in [0, 0.05) is 25.2 Å².